The van der Waals surface area contributed by atoms with Crippen LogP contribution in [0.25, 0.3) is 0 Å². The minimum Gasteiger partial charge on any atom is -0.465 e. The van der Waals surface area contributed by atoms with E-state index in [9.17, 15) is 4.79 Å². The number of methoxy groups -OCH3 is 1. The molecular formula is C19H20N2O3. The van der Waals surface area contributed by atoms with Crippen LogP contribution in [0.3, 0.4) is 0 Å². The van der Waals surface area contributed by atoms with Crippen molar-refractivity contribution in [1.82, 2.24) is 0 Å². The highest BCUT2D eigenvalue weighted by atomic mass is 16.5. The van der Waals surface area contributed by atoms with Crippen LogP contribution in [-0.2, 0) is 9.47 Å². The smallest absolute Gasteiger partial charge is 0.337 e. The van der Waals surface area contributed by atoms with Crippen LogP contribution in [0.4, 0.5) is 11.4 Å². The first-order chi connectivity index (χ1) is 11.8. The lowest BCUT2D eigenvalue weighted by Gasteiger charge is -2.28. The zero-order chi connectivity index (χ0) is 16.8. The molecule has 0 spiro atoms. The number of aliphatic imine (C=N–C) groups is 1. The monoisotopic (exact) mass is 324 g/mol. The maximum atomic E-state index is 11.5. The number of hydrogen-bond donors (Lipinski definition) is 0. The van der Waals surface area contributed by atoms with Crippen molar-refractivity contribution in [2.75, 3.05) is 38.3 Å². The van der Waals surface area contributed by atoms with Crippen molar-refractivity contribution in [2.24, 2.45) is 4.99 Å². The Morgan fingerprint density at radius 2 is 1.92 bits per heavy atom. The van der Waals surface area contributed by atoms with Gasteiger partial charge in [-0.1, -0.05) is 18.2 Å². The highest BCUT2D eigenvalue weighted by Crippen LogP contribution is 2.18. The molecule has 0 amide bonds. The van der Waals surface area contributed by atoms with E-state index in [1.807, 2.05) is 18.2 Å². The van der Waals surface area contributed by atoms with Crippen molar-refractivity contribution in [3.63, 3.8) is 0 Å². The summed E-state index contributed by atoms with van der Waals surface area (Å²) in [6.07, 6.45) is 1.79. The molecule has 0 aromatic heterocycles. The molecule has 2 aromatic carbocycles. The third-order valence-corrected chi connectivity index (χ3v) is 3.90. The molecule has 24 heavy (non-hydrogen) atoms. The lowest BCUT2D eigenvalue weighted by Crippen LogP contribution is -2.36. The number of rotatable bonds is 4. The van der Waals surface area contributed by atoms with Crippen LogP contribution < -0.4 is 4.90 Å². The van der Waals surface area contributed by atoms with Crippen LogP contribution in [0, 0.1) is 0 Å². The average molecular weight is 324 g/mol. The maximum Gasteiger partial charge on any atom is 0.337 e. The molecule has 0 unspecified atom stereocenters. The number of nitrogens with zero attached hydrogens (tertiary/aromatic N) is 2. The third-order valence-electron chi connectivity index (χ3n) is 3.90. The Hall–Kier alpha value is -2.66. The minimum atomic E-state index is -0.359. The van der Waals surface area contributed by atoms with E-state index in [1.165, 1.54) is 12.8 Å². The van der Waals surface area contributed by atoms with Crippen molar-refractivity contribution in [2.45, 2.75) is 0 Å². The van der Waals surface area contributed by atoms with E-state index in [1.54, 1.807) is 24.4 Å². The first-order valence-corrected chi connectivity index (χ1v) is 7.91. The highest BCUT2D eigenvalue weighted by molar-refractivity contribution is 5.90. The van der Waals surface area contributed by atoms with Crippen molar-refractivity contribution in [1.29, 1.82) is 0 Å². The number of ether oxygens (including phenoxy) is 2. The SMILES string of the molecule is COC(=O)c1cccc(N=Cc2ccc(N3CCOCC3)cc2)c1. The van der Waals surface area contributed by atoms with Crippen LogP contribution in [0.5, 0.6) is 0 Å². The van der Waals surface area contributed by atoms with E-state index in [2.05, 4.69) is 22.0 Å². The molecule has 0 radical (unpaired) electrons. The summed E-state index contributed by atoms with van der Waals surface area (Å²) in [5.74, 6) is -0.359. The largest absolute Gasteiger partial charge is 0.465 e. The molecule has 1 saturated heterocycles. The second kappa shape index (κ2) is 7.75. The Labute approximate surface area is 141 Å². The quantitative estimate of drug-likeness (QED) is 0.641. The first-order valence-electron chi connectivity index (χ1n) is 7.91. The summed E-state index contributed by atoms with van der Waals surface area (Å²) in [6, 6.07) is 15.3. The number of carbonyl (C=O) groups is 1. The van der Waals surface area contributed by atoms with Crippen LogP contribution in [0.1, 0.15) is 15.9 Å². The average Bonchev–Trinajstić information content (AvgIpc) is 2.67. The van der Waals surface area contributed by atoms with Gasteiger partial charge >= 0.3 is 5.97 Å². The van der Waals surface area contributed by atoms with Gasteiger partial charge in [-0.05, 0) is 35.9 Å². The third kappa shape index (κ3) is 4.00. The van der Waals surface area contributed by atoms with Crippen molar-refractivity contribution in [3.8, 4) is 0 Å². The van der Waals surface area contributed by atoms with Crippen molar-refractivity contribution >= 4 is 23.6 Å². The van der Waals surface area contributed by atoms with Gasteiger partial charge in [0, 0.05) is 25.0 Å². The number of carbonyl (C=O) groups excluding carboxylic acids is 1. The molecule has 1 fully saturated rings. The molecule has 124 valence electrons. The van der Waals surface area contributed by atoms with Gasteiger partial charge in [-0.25, -0.2) is 4.79 Å². The van der Waals surface area contributed by atoms with Gasteiger partial charge in [-0.2, -0.15) is 0 Å². The molecule has 1 aliphatic rings. The molecule has 2 aromatic rings. The second-order valence-corrected chi connectivity index (χ2v) is 5.49. The lowest BCUT2D eigenvalue weighted by atomic mass is 10.2. The molecule has 1 heterocycles. The van der Waals surface area contributed by atoms with Crippen molar-refractivity contribution in [3.05, 3.63) is 59.7 Å². The Bertz CT molecular complexity index is 720. The summed E-state index contributed by atoms with van der Waals surface area (Å²) < 4.78 is 10.1. The number of hydrogen-bond acceptors (Lipinski definition) is 5. The van der Waals surface area contributed by atoms with E-state index in [4.69, 9.17) is 9.47 Å². The van der Waals surface area contributed by atoms with Crippen LogP contribution >= 0.6 is 0 Å². The maximum absolute atomic E-state index is 11.5. The van der Waals surface area contributed by atoms with E-state index >= 15 is 0 Å². The Kier molecular flexibility index (Phi) is 5.23. The van der Waals surface area contributed by atoms with Gasteiger partial charge < -0.3 is 14.4 Å². The zero-order valence-electron chi connectivity index (χ0n) is 13.6. The Morgan fingerprint density at radius 3 is 2.62 bits per heavy atom. The number of morpholine rings is 1. The van der Waals surface area contributed by atoms with E-state index in [0.29, 0.717) is 5.56 Å². The summed E-state index contributed by atoms with van der Waals surface area (Å²) in [4.78, 5) is 18.3. The zero-order valence-corrected chi connectivity index (χ0v) is 13.6. The molecule has 5 heteroatoms. The predicted octanol–water partition coefficient (Wildman–Crippen LogP) is 3.06. The molecule has 0 atom stereocenters. The number of anilines is 1. The highest BCUT2D eigenvalue weighted by Gasteiger charge is 2.10. The van der Waals surface area contributed by atoms with Crippen molar-refractivity contribution < 1.29 is 14.3 Å². The topological polar surface area (TPSA) is 51.1 Å². The normalized spacial score (nSPS) is 14.8. The van der Waals surface area contributed by atoms with Gasteiger partial charge in [-0.3, -0.25) is 4.99 Å². The molecular weight excluding hydrogens is 304 g/mol. The molecule has 0 N–H and O–H groups in total. The standard InChI is InChI=1S/C19H20N2O3/c1-23-19(22)16-3-2-4-17(13-16)20-14-15-5-7-18(8-6-15)21-9-11-24-12-10-21/h2-8,13-14H,9-12H2,1H3. The van der Waals surface area contributed by atoms with E-state index in [-0.39, 0.29) is 5.97 Å². The van der Waals surface area contributed by atoms with Crippen LogP contribution in [0.15, 0.2) is 53.5 Å². The minimum absolute atomic E-state index is 0.359. The van der Waals surface area contributed by atoms with Gasteiger partial charge in [0.1, 0.15) is 0 Å². The van der Waals surface area contributed by atoms with E-state index < -0.39 is 0 Å². The molecule has 3 rings (SSSR count). The van der Waals surface area contributed by atoms with Gasteiger partial charge in [0.2, 0.25) is 0 Å². The number of esters is 1. The molecule has 0 bridgehead atoms. The number of benzene rings is 2. The summed E-state index contributed by atoms with van der Waals surface area (Å²) in [5.41, 5.74) is 3.42. The molecule has 0 saturated carbocycles. The predicted molar refractivity (Wildman–Crippen MR) is 94.5 cm³/mol. The molecule has 0 aliphatic carbocycles. The lowest BCUT2D eigenvalue weighted by molar-refractivity contribution is 0.0601. The summed E-state index contributed by atoms with van der Waals surface area (Å²) in [5, 5.41) is 0. The fraction of sp³-hybridized carbons (Fsp3) is 0.263. The van der Waals surface area contributed by atoms with Crippen LogP contribution in [-0.4, -0.2) is 45.6 Å². The van der Waals surface area contributed by atoms with Crippen LogP contribution in [0.2, 0.25) is 0 Å². The fourth-order valence-electron chi connectivity index (χ4n) is 2.57. The Balaban J connectivity index is 1.69. The summed E-state index contributed by atoms with van der Waals surface area (Å²) in [6.45, 7) is 3.40. The second-order valence-electron chi connectivity index (χ2n) is 5.49. The van der Waals surface area contributed by atoms with Gasteiger partial charge in [0.15, 0.2) is 0 Å². The Morgan fingerprint density at radius 1 is 1.17 bits per heavy atom. The van der Waals surface area contributed by atoms with Gasteiger partial charge in [0.25, 0.3) is 0 Å². The van der Waals surface area contributed by atoms with E-state index in [0.717, 1.165) is 37.6 Å². The summed E-state index contributed by atoms with van der Waals surface area (Å²) in [7, 11) is 1.37. The summed E-state index contributed by atoms with van der Waals surface area (Å²) >= 11 is 0. The molecule has 5 nitrogen and oxygen atoms in total. The van der Waals surface area contributed by atoms with Gasteiger partial charge in [-0.15, -0.1) is 0 Å². The van der Waals surface area contributed by atoms with Gasteiger partial charge in [0.05, 0.1) is 31.6 Å². The molecule has 1 aliphatic heterocycles. The fourth-order valence-corrected chi connectivity index (χ4v) is 2.57. The first kappa shape index (κ1) is 16.2.